The van der Waals surface area contributed by atoms with E-state index in [1.807, 2.05) is 50.4 Å². The standard InChI is InChI=1S/C23H28ClN2O7P/c1-23(2)31-19-18(30-22(20(19)32-23)26-9-4-6-15(12-26)21(25)27)13-29-34-28-10-8-17(33-34)14-5-3-7-16(24)11-14/h3-5,7,9,11-12,17-20,22H,6,8,10,13H2,1-2H3,(H2,25,27)/t17?,18?,19-,20-,22-,34?/m1/s1. The minimum absolute atomic E-state index is 0.149. The molecule has 1 aromatic carbocycles. The van der Waals surface area contributed by atoms with Crippen molar-refractivity contribution < 1.29 is 32.6 Å². The Labute approximate surface area is 204 Å². The normalized spacial score (nSPS) is 34.7. The number of primary amides is 1. The molecule has 3 unspecified atom stereocenters. The van der Waals surface area contributed by atoms with E-state index in [-0.39, 0.29) is 24.9 Å². The van der Waals surface area contributed by atoms with Crippen molar-refractivity contribution in [3.63, 3.8) is 0 Å². The topological polar surface area (TPSA) is 102 Å². The van der Waals surface area contributed by atoms with Crippen LogP contribution in [0.25, 0.3) is 0 Å². The maximum Gasteiger partial charge on any atom is 0.333 e. The van der Waals surface area contributed by atoms with E-state index in [0.29, 0.717) is 23.6 Å². The van der Waals surface area contributed by atoms with E-state index in [1.54, 1.807) is 11.1 Å². The van der Waals surface area contributed by atoms with E-state index in [9.17, 15) is 4.79 Å². The van der Waals surface area contributed by atoms with E-state index in [2.05, 4.69) is 0 Å². The van der Waals surface area contributed by atoms with Crippen LogP contribution >= 0.6 is 20.2 Å². The maximum absolute atomic E-state index is 11.7. The number of nitrogens with zero attached hydrogens (tertiary/aromatic N) is 1. The monoisotopic (exact) mass is 510 g/mol. The lowest BCUT2D eigenvalue weighted by molar-refractivity contribution is -0.201. The third kappa shape index (κ3) is 5.17. The zero-order chi connectivity index (χ0) is 23.9. The number of hydrogen-bond donors (Lipinski definition) is 1. The van der Waals surface area contributed by atoms with Crippen molar-refractivity contribution in [3.8, 4) is 0 Å². The van der Waals surface area contributed by atoms with Gasteiger partial charge in [-0.3, -0.25) is 4.79 Å². The first-order valence-electron chi connectivity index (χ1n) is 11.2. The zero-order valence-electron chi connectivity index (χ0n) is 19.0. The number of carbonyl (C=O) groups is 1. The number of fused-ring (bicyclic) bond motifs is 1. The van der Waals surface area contributed by atoms with Gasteiger partial charge >= 0.3 is 8.60 Å². The van der Waals surface area contributed by atoms with Gasteiger partial charge < -0.3 is 38.4 Å². The SMILES string of the molecule is CC1(C)O[C@@H]2[C@H](O1)C(COP1OCCC(c3cccc(Cl)c3)O1)O[C@H]2N1C=CCC(C(N)=O)=C1. The van der Waals surface area contributed by atoms with Crippen LogP contribution in [-0.2, 0) is 32.6 Å². The van der Waals surface area contributed by atoms with Gasteiger partial charge in [0, 0.05) is 29.4 Å². The molecule has 3 saturated heterocycles. The van der Waals surface area contributed by atoms with Crippen LogP contribution in [0.1, 0.15) is 38.4 Å². The number of rotatable bonds is 6. The average Bonchev–Trinajstić information content (AvgIpc) is 3.31. The Bertz CT molecular complexity index is 990. The lowest BCUT2D eigenvalue weighted by Crippen LogP contribution is -2.40. The van der Waals surface area contributed by atoms with Crippen LogP contribution in [0.2, 0.25) is 5.02 Å². The lowest BCUT2D eigenvalue weighted by Gasteiger charge is -2.32. The quantitative estimate of drug-likeness (QED) is 0.575. The Morgan fingerprint density at radius 3 is 2.94 bits per heavy atom. The summed E-state index contributed by atoms with van der Waals surface area (Å²) >= 11 is 6.13. The number of hydrogen-bond acceptors (Lipinski definition) is 8. The molecule has 6 atom stereocenters. The molecule has 0 aromatic heterocycles. The summed E-state index contributed by atoms with van der Waals surface area (Å²) in [5, 5.41) is 0.663. The Kier molecular flexibility index (Phi) is 6.99. The molecule has 5 rings (SSSR count). The Hall–Kier alpha value is -1.55. The fraction of sp³-hybridized carbons (Fsp3) is 0.522. The number of benzene rings is 1. The summed E-state index contributed by atoms with van der Waals surface area (Å²) in [5.41, 5.74) is 6.97. The van der Waals surface area contributed by atoms with Gasteiger partial charge in [0.2, 0.25) is 5.91 Å². The first-order valence-corrected chi connectivity index (χ1v) is 12.7. The number of nitrogens with two attached hydrogens (primary N) is 1. The number of allylic oxidation sites excluding steroid dienone is 1. The van der Waals surface area contributed by atoms with Gasteiger partial charge in [0.25, 0.3) is 0 Å². The number of carbonyl (C=O) groups excluding carboxylic acids is 1. The van der Waals surface area contributed by atoms with Gasteiger partial charge in [-0.05, 0) is 38.0 Å². The fourth-order valence-electron chi connectivity index (χ4n) is 4.49. The second-order valence-electron chi connectivity index (χ2n) is 8.97. The third-order valence-corrected chi connectivity index (χ3v) is 7.43. The van der Waals surface area contributed by atoms with E-state index in [4.69, 9.17) is 45.1 Å². The molecule has 34 heavy (non-hydrogen) atoms. The molecule has 4 heterocycles. The van der Waals surface area contributed by atoms with Crippen LogP contribution in [0.15, 0.2) is 48.3 Å². The van der Waals surface area contributed by atoms with E-state index in [1.165, 1.54) is 0 Å². The highest BCUT2D eigenvalue weighted by Crippen LogP contribution is 2.50. The van der Waals surface area contributed by atoms with Crippen LogP contribution in [0.3, 0.4) is 0 Å². The molecule has 0 spiro atoms. The van der Waals surface area contributed by atoms with Crippen molar-refractivity contribution in [3.05, 3.63) is 58.9 Å². The molecule has 184 valence electrons. The molecular weight excluding hydrogens is 483 g/mol. The van der Waals surface area contributed by atoms with Gasteiger partial charge in [-0.1, -0.05) is 29.8 Å². The molecule has 4 aliphatic heterocycles. The van der Waals surface area contributed by atoms with Crippen LogP contribution in [0, 0.1) is 0 Å². The van der Waals surface area contributed by atoms with Gasteiger partial charge in [-0.15, -0.1) is 0 Å². The Morgan fingerprint density at radius 2 is 2.15 bits per heavy atom. The summed E-state index contributed by atoms with van der Waals surface area (Å²) in [6.07, 6.45) is 4.83. The maximum atomic E-state index is 11.7. The molecule has 4 aliphatic rings. The van der Waals surface area contributed by atoms with Gasteiger partial charge in [-0.2, -0.15) is 0 Å². The van der Waals surface area contributed by atoms with Crippen molar-refractivity contribution in [2.24, 2.45) is 5.73 Å². The van der Waals surface area contributed by atoms with Gasteiger partial charge in [0.05, 0.1) is 19.3 Å². The molecule has 0 bridgehead atoms. The summed E-state index contributed by atoms with van der Waals surface area (Å²) in [4.78, 5) is 13.5. The third-order valence-electron chi connectivity index (χ3n) is 6.01. The van der Waals surface area contributed by atoms with Crippen molar-refractivity contribution in [2.45, 2.75) is 63.1 Å². The molecule has 0 saturated carbocycles. The van der Waals surface area contributed by atoms with E-state index in [0.717, 1.165) is 12.0 Å². The summed E-state index contributed by atoms with van der Waals surface area (Å²) in [5.74, 6) is -1.23. The summed E-state index contributed by atoms with van der Waals surface area (Å²) in [6, 6.07) is 7.61. The van der Waals surface area contributed by atoms with E-state index < -0.39 is 32.6 Å². The second kappa shape index (κ2) is 9.84. The summed E-state index contributed by atoms with van der Waals surface area (Å²) < 4.78 is 36.4. The zero-order valence-corrected chi connectivity index (χ0v) is 20.6. The Balaban J connectivity index is 1.25. The molecule has 0 aliphatic carbocycles. The summed E-state index contributed by atoms with van der Waals surface area (Å²) in [6.45, 7) is 4.46. The van der Waals surface area contributed by atoms with Crippen LogP contribution < -0.4 is 5.73 Å². The lowest BCUT2D eigenvalue weighted by atomic mass is 10.1. The molecular formula is C23H28ClN2O7P. The first kappa shape index (κ1) is 24.2. The second-order valence-corrected chi connectivity index (χ2v) is 10.6. The van der Waals surface area contributed by atoms with Crippen LogP contribution in [0.4, 0.5) is 0 Å². The minimum atomic E-state index is -1.57. The molecule has 1 aromatic rings. The highest BCUT2D eigenvalue weighted by atomic mass is 35.5. The first-order chi connectivity index (χ1) is 16.3. The molecule has 1 amide bonds. The molecule has 0 radical (unpaired) electrons. The van der Waals surface area contributed by atoms with Crippen molar-refractivity contribution >= 4 is 26.1 Å². The number of amides is 1. The largest absolute Gasteiger partial charge is 0.366 e. The molecule has 3 fully saturated rings. The predicted octanol–water partition coefficient (Wildman–Crippen LogP) is 3.90. The van der Waals surface area contributed by atoms with Gasteiger partial charge in [0.1, 0.15) is 18.3 Å². The highest BCUT2D eigenvalue weighted by Gasteiger charge is 2.56. The summed E-state index contributed by atoms with van der Waals surface area (Å²) in [7, 11) is -1.57. The number of halogens is 1. The minimum Gasteiger partial charge on any atom is -0.366 e. The smallest absolute Gasteiger partial charge is 0.333 e. The van der Waals surface area contributed by atoms with Crippen LogP contribution in [0.5, 0.6) is 0 Å². The van der Waals surface area contributed by atoms with Crippen molar-refractivity contribution in [1.29, 1.82) is 0 Å². The Morgan fingerprint density at radius 1 is 1.32 bits per heavy atom. The highest BCUT2D eigenvalue weighted by molar-refractivity contribution is 7.41. The van der Waals surface area contributed by atoms with Crippen molar-refractivity contribution in [2.75, 3.05) is 13.2 Å². The molecule has 9 nitrogen and oxygen atoms in total. The van der Waals surface area contributed by atoms with Crippen molar-refractivity contribution in [1.82, 2.24) is 4.90 Å². The van der Waals surface area contributed by atoms with Gasteiger partial charge in [-0.25, -0.2) is 0 Å². The van der Waals surface area contributed by atoms with Gasteiger partial charge in [0.15, 0.2) is 12.0 Å². The number of ether oxygens (including phenoxy) is 3. The predicted molar refractivity (Wildman–Crippen MR) is 124 cm³/mol. The van der Waals surface area contributed by atoms with Crippen LogP contribution in [-0.4, -0.2) is 54.3 Å². The molecule has 11 heteroatoms. The molecule has 2 N–H and O–H groups in total. The van der Waals surface area contributed by atoms with E-state index >= 15 is 0 Å². The fourth-order valence-corrected chi connectivity index (χ4v) is 5.84. The average molecular weight is 511 g/mol.